The molecule has 0 atom stereocenters. The number of hydrogen-bond acceptors (Lipinski definition) is 5. The highest BCUT2D eigenvalue weighted by atomic mass is 16.7. The minimum Gasteiger partial charge on any atom is -0.489 e. The molecule has 0 bridgehead atoms. The van der Waals surface area contributed by atoms with Gasteiger partial charge in [-0.3, -0.25) is 0 Å². The molecule has 0 saturated carbocycles. The van der Waals surface area contributed by atoms with Crippen molar-refractivity contribution < 1.29 is 23.9 Å². The molecule has 0 amide bonds. The molecule has 0 aliphatic carbocycles. The molecule has 5 nitrogen and oxygen atoms in total. The molecule has 6 heteroatoms. The van der Waals surface area contributed by atoms with Crippen LogP contribution in [0.5, 0.6) is 11.5 Å². The molecule has 0 spiro atoms. The van der Waals surface area contributed by atoms with Gasteiger partial charge in [0.2, 0.25) is 0 Å². The van der Waals surface area contributed by atoms with Crippen molar-refractivity contribution >= 4 is 12.6 Å². The van der Waals surface area contributed by atoms with Gasteiger partial charge in [-0.05, 0) is 17.2 Å². The minimum absolute atomic E-state index is 0.0985. The fraction of sp³-hybridized carbons (Fsp3) is 0.250. The van der Waals surface area contributed by atoms with Crippen LogP contribution in [-0.4, -0.2) is 26.0 Å². The highest BCUT2D eigenvalue weighted by Crippen LogP contribution is 2.26. The van der Waals surface area contributed by atoms with Gasteiger partial charge >= 0.3 is 7.12 Å². The standard InChI is InChI=1S/C16H17BO5/c1-19-11-21-15-8-14(7-13-10-22-17(18)16(13)15)20-9-12-5-3-2-4-6-12/h2-8,18H,9-11H2,1H3. The van der Waals surface area contributed by atoms with Crippen LogP contribution in [-0.2, 0) is 22.6 Å². The SMILES string of the molecule is COCOc1cc(OCc2ccccc2)cc2c1B(O)OC2. The van der Waals surface area contributed by atoms with Gasteiger partial charge < -0.3 is 23.9 Å². The van der Waals surface area contributed by atoms with Crippen LogP contribution >= 0.6 is 0 Å². The van der Waals surface area contributed by atoms with Crippen LogP contribution in [0.15, 0.2) is 42.5 Å². The van der Waals surface area contributed by atoms with Crippen molar-refractivity contribution in [1.29, 1.82) is 0 Å². The topological polar surface area (TPSA) is 57.2 Å². The summed E-state index contributed by atoms with van der Waals surface area (Å²) >= 11 is 0. The predicted octanol–water partition coefficient (Wildman–Crippen LogP) is 1.47. The second-order valence-electron chi connectivity index (χ2n) is 4.98. The molecule has 1 heterocycles. The molecule has 0 fully saturated rings. The molecule has 1 aliphatic rings. The Morgan fingerprint density at radius 3 is 2.77 bits per heavy atom. The number of ether oxygens (including phenoxy) is 3. The third kappa shape index (κ3) is 3.25. The highest BCUT2D eigenvalue weighted by molar-refractivity contribution is 6.62. The monoisotopic (exact) mass is 300 g/mol. The first-order valence-corrected chi connectivity index (χ1v) is 7.03. The van der Waals surface area contributed by atoms with Gasteiger partial charge in [0.25, 0.3) is 0 Å². The lowest BCUT2D eigenvalue weighted by molar-refractivity contribution is 0.0515. The summed E-state index contributed by atoms with van der Waals surface area (Å²) < 4.78 is 21.5. The summed E-state index contributed by atoms with van der Waals surface area (Å²) in [4.78, 5) is 0. The van der Waals surface area contributed by atoms with Gasteiger partial charge in [-0.25, -0.2) is 0 Å². The maximum Gasteiger partial charge on any atom is 0.495 e. The molecule has 114 valence electrons. The smallest absolute Gasteiger partial charge is 0.489 e. The summed E-state index contributed by atoms with van der Waals surface area (Å²) in [7, 11) is 0.577. The van der Waals surface area contributed by atoms with E-state index in [1.54, 1.807) is 13.2 Å². The van der Waals surface area contributed by atoms with Crippen LogP contribution in [0.3, 0.4) is 0 Å². The summed E-state index contributed by atoms with van der Waals surface area (Å²) in [5.41, 5.74) is 2.59. The quantitative estimate of drug-likeness (QED) is 0.646. The van der Waals surface area contributed by atoms with Crippen LogP contribution in [0, 0.1) is 0 Å². The summed E-state index contributed by atoms with van der Waals surface area (Å²) in [6, 6.07) is 13.5. The van der Waals surface area contributed by atoms with Crippen LogP contribution in [0.25, 0.3) is 0 Å². The summed E-state index contributed by atoms with van der Waals surface area (Å²) in [5, 5.41) is 9.88. The van der Waals surface area contributed by atoms with Gasteiger partial charge in [0.15, 0.2) is 6.79 Å². The van der Waals surface area contributed by atoms with E-state index in [0.29, 0.717) is 30.2 Å². The first kappa shape index (κ1) is 14.9. The maximum atomic E-state index is 9.88. The molecular weight excluding hydrogens is 283 g/mol. The van der Waals surface area contributed by atoms with E-state index in [2.05, 4.69) is 0 Å². The second kappa shape index (κ2) is 6.83. The van der Waals surface area contributed by atoms with Crippen molar-refractivity contribution in [3.05, 3.63) is 53.6 Å². The largest absolute Gasteiger partial charge is 0.495 e. The molecule has 22 heavy (non-hydrogen) atoms. The van der Waals surface area contributed by atoms with Crippen molar-refractivity contribution in [3.8, 4) is 11.5 Å². The van der Waals surface area contributed by atoms with E-state index in [4.69, 9.17) is 18.9 Å². The van der Waals surface area contributed by atoms with Crippen molar-refractivity contribution in [3.63, 3.8) is 0 Å². The summed E-state index contributed by atoms with van der Waals surface area (Å²) in [6.45, 7) is 0.899. The van der Waals surface area contributed by atoms with Gasteiger partial charge in [0.1, 0.15) is 18.1 Å². The van der Waals surface area contributed by atoms with Gasteiger partial charge in [0.05, 0.1) is 6.61 Å². The number of methoxy groups -OCH3 is 1. The molecule has 0 aromatic heterocycles. The number of fused-ring (bicyclic) bond motifs is 1. The Kier molecular flexibility index (Phi) is 4.63. The Morgan fingerprint density at radius 2 is 2.00 bits per heavy atom. The zero-order chi connectivity index (χ0) is 15.4. The lowest BCUT2D eigenvalue weighted by Crippen LogP contribution is -2.30. The average molecular weight is 300 g/mol. The number of rotatable bonds is 6. The lowest BCUT2D eigenvalue weighted by atomic mass is 9.78. The first-order valence-electron chi connectivity index (χ1n) is 7.03. The van der Waals surface area contributed by atoms with E-state index in [0.717, 1.165) is 11.1 Å². The molecule has 2 aromatic rings. The molecule has 0 radical (unpaired) electrons. The van der Waals surface area contributed by atoms with Gasteiger partial charge in [-0.1, -0.05) is 30.3 Å². The van der Waals surface area contributed by atoms with Crippen molar-refractivity contribution in [2.24, 2.45) is 0 Å². The Bertz CT molecular complexity index is 632. The fourth-order valence-electron chi connectivity index (χ4n) is 2.37. The Balaban J connectivity index is 1.80. The van der Waals surface area contributed by atoms with E-state index in [1.165, 1.54) is 0 Å². The molecule has 2 aromatic carbocycles. The predicted molar refractivity (Wildman–Crippen MR) is 82.1 cm³/mol. The molecule has 0 saturated heterocycles. The second-order valence-corrected chi connectivity index (χ2v) is 4.98. The van der Waals surface area contributed by atoms with Crippen LogP contribution < -0.4 is 14.9 Å². The average Bonchev–Trinajstić information content (AvgIpc) is 2.93. The van der Waals surface area contributed by atoms with Crippen LogP contribution in [0.4, 0.5) is 0 Å². The molecule has 1 N–H and O–H groups in total. The minimum atomic E-state index is -0.968. The van der Waals surface area contributed by atoms with Crippen LogP contribution in [0.2, 0.25) is 0 Å². The van der Waals surface area contributed by atoms with E-state index >= 15 is 0 Å². The Labute approximate surface area is 129 Å². The van der Waals surface area contributed by atoms with E-state index in [-0.39, 0.29) is 6.79 Å². The summed E-state index contributed by atoms with van der Waals surface area (Å²) in [5.74, 6) is 1.19. The summed E-state index contributed by atoms with van der Waals surface area (Å²) in [6.07, 6.45) is 0. The highest BCUT2D eigenvalue weighted by Gasteiger charge is 2.32. The van der Waals surface area contributed by atoms with E-state index < -0.39 is 7.12 Å². The first-order chi connectivity index (χ1) is 10.8. The fourth-order valence-corrected chi connectivity index (χ4v) is 2.37. The van der Waals surface area contributed by atoms with Crippen molar-refractivity contribution in [1.82, 2.24) is 0 Å². The van der Waals surface area contributed by atoms with Gasteiger partial charge in [0, 0.05) is 18.6 Å². The molecule has 3 rings (SSSR count). The normalized spacial score (nSPS) is 13.1. The molecule has 1 aliphatic heterocycles. The van der Waals surface area contributed by atoms with Gasteiger partial charge in [-0.2, -0.15) is 0 Å². The lowest BCUT2D eigenvalue weighted by Gasteiger charge is -2.13. The number of hydrogen-bond donors (Lipinski definition) is 1. The molecular formula is C16H17BO5. The number of benzene rings is 2. The van der Waals surface area contributed by atoms with Crippen LogP contribution in [0.1, 0.15) is 11.1 Å². The molecule has 0 unspecified atom stereocenters. The third-order valence-electron chi connectivity index (χ3n) is 3.43. The Hall–Kier alpha value is -2.02. The third-order valence-corrected chi connectivity index (χ3v) is 3.43. The van der Waals surface area contributed by atoms with Gasteiger partial charge in [-0.15, -0.1) is 0 Å². The van der Waals surface area contributed by atoms with E-state index in [1.807, 2.05) is 36.4 Å². The van der Waals surface area contributed by atoms with Crippen molar-refractivity contribution in [2.45, 2.75) is 13.2 Å². The zero-order valence-electron chi connectivity index (χ0n) is 12.3. The van der Waals surface area contributed by atoms with E-state index in [9.17, 15) is 5.02 Å². The Morgan fingerprint density at radius 1 is 1.18 bits per heavy atom. The zero-order valence-corrected chi connectivity index (χ0v) is 12.3. The van der Waals surface area contributed by atoms with Crippen molar-refractivity contribution in [2.75, 3.05) is 13.9 Å². The maximum absolute atomic E-state index is 9.88.